The fourth-order valence-electron chi connectivity index (χ4n) is 4.29. The second-order valence-electron chi connectivity index (χ2n) is 8.21. The third-order valence-electron chi connectivity index (χ3n) is 5.94. The van der Waals surface area contributed by atoms with Crippen LogP contribution < -0.4 is 4.74 Å². The number of aromatic nitrogens is 2. The minimum absolute atomic E-state index is 0.540. The number of fused-ring (bicyclic) bond motifs is 1. The summed E-state index contributed by atoms with van der Waals surface area (Å²) < 4.78 is 8.21. The highest BCUT2D eigenvalue weighted by Crippen LogP contribution is 2.29. The van der Waals surface area contributed by atoms with Gasteiger partial charge in [-0.1, -0.05) is 36.4 Å². The average Bonchev–Trinajstić information content (AvgIpc) is 3.19. The normalized spacial score (nSPS) is 14.9. The number of aliphatic hydroxyl groups excluding tert-OH is 1. The Morgan fingerprint density at radius 2 is 1.91 bits per heavy atom. The molecule has 1 aliphatic rings. The largest absolute Gasteiger partial charge is 0.492 e. The molecular formula is C27H27N3O2. The zero-order valence-electron chi connectivity index (χ0n) is 18.0. The summed E-state index contributed by atoms with van der Waals surface area (Å²) in [7, 11) is 0. The first-order valence-corrected chi connectivity index (χ1v) is 11.0. The van der Waals surface area contributed by atoms with Gasteiger partial charge >= 0.3 is 0 Å². The molecule has 0 saturated carbocycles. The Labute approximate surface area is 188 Å². The van der Waals surface area contributed by atoms with Crippen LogP contribution in [-0.4, -0.2) is 32.7 Å². The second-order valence-corrected chi connectivity index (χ2v) is 8.21. The molecule has 0 saturated heterocycles. The smallest absolute Gasteiger partial charge is 0.123 e. The maximum absolute atomic E-state index is 10.8. The number of nitrogens with zero attached hydrogens (tertiary/aromatic N) is 3. The van der Waals surface area contributed by atoms with Gasteiger partial charge in [0.15, 0.2) is 0 Å². The molecule has 5 rings (SSSR count). The molecule has 0 fully saturated rings. The summed E-state index contributed by atoms with van der Waals surface area (Å²) in [5.74, 6) is 0.908. The van der Waals surface area contributed by atoms with Gasteiger partial charge in [-0.2, -0.15) is 0 Å². The highest BCUT2D eigenvalue weighted by molar-refractivity contribution is 5.39. The van der Waals surface area contributed by atoms with E-state index in [1.54, 1.807) is 6.20 Å². The Balaban J connectivity index is 1.33. The molecule has 4 aromatic rings. The first-order chi connectivity index (χ1) is 15.8. The molecule has 1 atom stereocenters. The third kappa shape index (κ3) is 4.59. The van der Waals surface area contributed by atoms with Crippen molar-refractivity contribution in [2.75, 3.05) is 13.2 Å². The van der Waals surface area contributed by atoms with Crippen molar-refractivity contribution < 1.29 is 9.84 Å². The van der Waals surface area contributed by atoms with Crippen molar-refractivity contribution in [1.82, 2.24) is 14.5 Å². The zero-order valence-corrected chi connectivity index (χ0v) is 18.0. The summed E-state index contributed by atoms with van der Waals surface area (Å²) in [6.07, 6.45) is 5.81. The van der Waals surface area contributed by atoms with Crippen molar-refractivity contribution in [3.63, 3.8) is 0 Å². The molecule has 0 amide bonds. The van der Waals surface area contributed by atoms with E-state index in [1.165, 1.54) is 5.69 Å². The van der Waals surface area contributed by atoms with E-state index in [9.17, 15) is 5.11 Å². The molecular weight excluding hydrogens is 398 g/mol. The number of hydrogen-bond donors (Lipinski definition) is 1. The van der Waals surface area contributed by atoms with Crippen LogP contribution in [0.3, 0.4) is 0 Å². The summed E-state index contributed by atoms with van der Waals surface area (Å²) in [6, 6.07) is 24.4. The number of hydrogen-bond acceptors (Lipinski definition) is 4. The molecule has 162 valence electrons. The number of ether oxygens (including phenoxy) is 1. The third-order valence-corrected chi connectivity index (χ3v) is 5.94. The topological polar surface area (TPSA) is 50.5 Å². The van der Waals surface area contributed by atoms with Crippen molar-refractivity contribution >= 4 is 0 Å². The maximum Gasteiger partial charge on any atom is 0.123 e. The van der Waals surface area contributed by atoms with Gasteiger partial charge in [0.1, 0.15) is 12.4 Å². The molecule has 1 aliphatic heterocycles. The summed E-state index contributed by atoms with van der Waals surface area (Å²) in [5.41, 5.74) is 5.44. The molecule has 5 heteroatoms. The fourth-order valence-corrected chi connectivity index (χ4v) is 4.29. The fraction of sp³-hybridized carbons (Fsp3) is 0.222. The Bertz CT molecular complexity index is 1160. The zero-order chi connectivity index (χ0) is 21.8. The van der Waals surface area contributed by atoms with Crippen LogP contribution in [0.15, 0.2) is 91.4 Å². The minimum atomic E-state index is -0.540. The second kappa shape index (κ2) is 9.39. The maximum atomic E-state index is 10.8. The number of pyridine rings is 1. The standard InChI is InChI=1S/C27H27N3O2/c31-26(16-21-6-2-1-3-7-21)22-10-11-27-23(17-22)19-29(14-15-32-27)20-25-9-5-13-30(25)24-8-4-12-28-18-24/h1-13,17-18,26,31H,14-16,19-20H2. The van der Waals surface area contributed by atoms with Crippen molar-refractivity contribution in [1.29, 1.82) is 0 Å². The van der Waals surface area contributed by atoms with Crippen molar-refractivity contribution in [3.8, 4) is 11.4 Å². The molecule has 0 spiro atoms. The van der Waals surface area contributed by atoms with Crippen molar-refractivity contribution in [3.05, 3.63) is 114 Å². The monoisotopic (exact) mass is 425 g/mol. The summed E-state index contributed by atoms with van der Waals surface area (Å²) in [6.45, 7) is 3.07. The van der Waals surface area contributed by atoms with Crippen LogP contribution in [0.5, 0.6) is 5.75 Å². The van der Waals surface area contributed by atoms with Gasteiger partial charge < -0.3 is 14.4 Å². The highest BCUT2D eigenvalue weighted by atomic mass is 16.5. The van der Waals surface area contributed by atoms with E-state index < -0.39 is 6.10 Å². The van der Waals surface area contributed by atoms with E-state index in [0.29, 0.717) is 13.0 Å². The summed E-state index contributed by atoms with van der Waals surface area (Å²) in [5, 5.41) is 10.8. The lowest BCUT2D eigenvalue weighted by molar-refractivity contribution is 0.178. The molecule has 32 heavy (non-hydrogen) atoms. The Hall–Kier alpha value is -3.41. The van der Waals surface area contributed by atoms with Gasteiger partial charge in [-0.15, -0.1) is 0 Å². The van der Waals surface area contributed by atoms with E-state index in [1.807, 2.05) is 42.6 Å². The summed E-state index contributed by atoms with van der Waals surface area (Å²) >= 11 is 0. The summed E-state index contributed by atoms with van der Waals surface area (Å²) in [4.78, 5) is 6.64. The van der Waals surface area contributed by atoms with Crippen LogP contribution in [0.4, 0.5) is 0 Å². The van der Waals surface area contributed by atoms with Crippen LogP contribution in [0.25, 0.3) is 5.69 Å². The Morgan fingerprint density at radius 1 is 1.00 bits per heavy atom. The van der Waals surface area contributed by atoms with Gasteiger partial charge in [0, 0.05) is 49.7 Å². The van der Waals surface area contributed by atoms with E-state index >= 15 is 0 Å². The molecule has 1 unspecified atom stereocenters. The van der Waals surface area contributed by atoms with Crippen LogP contribution >= 0.6 is 0 Å². The minimum Gasteiger partial charge on any atom is -0.492 e. The number of rotatable bonds is 6. The average molecular weight is 426 g/mol. The van der Waals surface area contributed by atoms with Gasteiger partial charge in [0.25, 0.3) is 0 Å². The molecule has 1 N–H and O–H groups in total. The molecule has 0 aliphatic carbocycles. The first kappa shape index (κ1) is 20.5. The first-order valence-electron chi connectivity index (χ1n) is 11.0. The van der Waals surface area contributed by atoms with E-state index in [4.69, 9.17) is 4.74 Å². The van der Waals surface area contributed by atoms with Gasteiger partial charge in [-0.05, 0) is 47.5 Å². The molecule has 0 bridgehead atoms. The van der Waals surface area contributed by atoms with Crippen LogP contribution in [0.2, 0.25) is 0 Å². The number of aliphatic hydroxyl groups is 1. The molecule has 3 heterocycles. The van der Waals surface area contributed by atoms with Gasteiger partial charge in [0.05, 0.1) is 18.0 Å². The van der Waals surface area contributed by atoms with Gasteiger partial charge in [-0.25, -0.2) is 0 Å². The van der Waals surface area contributed by atoms with Gasteiger partial charge in [0.2, 0.25) is 0 Å². The van der Waals surface area contributed by atoms with Crippen molar-refractivity contribution in [2.24, 2.45) is 0 Å². The Morgan fingerprint density at radius 3 is 2.75 bits per heavy atom. The molecule has 5 nitrogen and oxygen atoms in total. The highest BCUT2D eigenvalue weighted by Gasteiger charge is 2.19. The lowest BCUT2D eigenvalue weighted by Gasteiger charge is -2.21. The molecule has 2 aromatic carbocycles. The lowest BCUT2D eigenvalue weighted by Crippen LogP contribution is -2.26. The van der Waals surface area contributed by atoms with E-state index in [-0.39, 0.29) is 0 Å². The predicted octanol–water partition coefficient (Wildman–Crippen LogP) is 4.54. The van der Waals surface area contributed by atoms with E-state index in [0.717, 1.165) is 47.8 Å². The number of benzene rings is 2. The van der Waals surface area contributed by atoms with Crippen LogP contribution in [-0.2, 0) is 19.5 Å². The van der Waals surface area contributed by atoms with Crippen LogP contribution in [0, 0.1) is 0 Å². The molecule has 2 aromatic heterocycles. The Kier molecular flexibility index (Phi) is 6.01. The molecule has 0 radical (unpaired) electrons. The van der Waals surface area contributed by atoms with Crippen molar-refractivity contribution in [2.45, 2.75) is 25.6 Å². The quantitative estimate of drug-likeness (QED) is 0.493. The van der Waals surface area contributed by atoms with Crippen LogP contribution in [0.1, 0.15) is 28.5 Å². The van der Waals surface area contributed by atoms with Gasteiger partial charge in [-0.3, -0.25) is 9.88 Å². The predicted molar refractivity (Wildman–Crippen MR) is 125 cm³/mol. The van der Waals surface area contributed by atoms with E-state index in [2.05, 4.69) is 57.0 Å². The SMILES string of the molecule is OC(Cc1ccccc1)c1ccc2c(c1)CN(Cc1cccn1-c1cccnc1)CCO2. The lowest BCUT2D eigenvalue weighted by atomic mass is 9.99.